The first-order valence-electron chi connectivity index (χ1n) is 6.20. The number of nitrogens with one attached hydrogen (secondary N) is 2. The number of rotatable bonds is 5. The van der Waals surface area contributed by atoms with Gasteiger partial charge in [0.05, 0.1) is 6.61 Å². The van der Waals surface area contributed by atoms with Crippen LogP contribution < -0.4 is 10.1 Å². The van der Waals surface area contributed by atoms with Gasteiger partial charge in [-0.05, 0) is 37.2 Å². The molecule has 1 fully saturated rings. The average molecular weight is 270 g/mol. The molecule has 2 rings (SSSR count). The zero-order valence-corrected chi connectivity index (χ0v) is 11.3. The highest BCUT2D eigenvalue weighted by Gasteiger charge is 2.18. The smallest absolute Gasteiger partial charge is 0.337 e. The molecule has 0 unspecified atom stereocenters. The second-order valence-corrected chi connectivity index (χ2v) is 5.43. The first kappa shape index (κ1) is 13.2. The number of H-pyrrole nitrogens is 1. The monoisotopic (exact) mass is 270 g/mol. The third-order valence-electron chi connectivity index (χ3n) is 2.81. The molecule has 1 aliphatic heterocycles. The number of aromatic nitrogens is 3. The first-order valence-corrected chi connectivity index (χ1v) is 7.36. The van der Waals surface area contributed by atoms with Gasteiger partial charge in [-0.15, -0.1) is 5.10 Å². The Hall–Kier alpha value is -1.24. The Balaban J connectivity index is 1.78. The van der Waals surface area contributed by atoms with Crippen LogP contribution in [0.4, 0.5) is 5.95 Å². The molecule has 1 saturated heterocycles. The van der Waals surface area contributed by atoms with E-state index in [1.165, 1.54) is 0 Å². The van der Waals surface area contributed by atoms with Crippen LogP contribution in [-0.4, -0.2) is 39.2 Å². The molecule has 2 heterocycles. The van der Waals surface area contributed by atoms with Crippen molar-refractivity contribution in [1.82, 2.24) is 15.2 Å². The molecule has 0 aromatic carbocycles. The molecule has 0 aliphatic carbocycles. The summed E-state index contributed by atoms with van der Waals surface area (Å²) in [6.45, 7) is 2.36. The molecule has 100 valence electrons. The lowest BCUT2D eigenvalue weighted by atomic mass is 9.98. The highest BCUT2D eigenvalue weighted by Crippen LogP contribution is 2.25. The summed E-state index contributed by atoms with van der Waals surface area (Å²) in [7, 11) is 0. The fourth-order valence-electron chi connectivity index (χ4n) is 1.89. The number of carbonyl (C=O) groups is 1. The van der Waals surface area contributed by atoms with E-state index in [0.717, 1.165) is 24.3 Å². The minimum atomic E-state index is -0.00824. The molecule has 0 atom stereocenters. The summed E-state index contributed by atoms with van der Waals surface area (Å²) >= 11 is 1.96. The molecule has 1 aromatic heterocycles. The Morgan fingerprint density at radius 2 is 2.33 bits per heavy atom. The van der Waals surface area contributed by atoms with Gasteiger partial charge in [-0.25, -0.2) is 5.10 Å². The van der Waals surface area contributed by atoms with E-state index >= 15 is 0 Å². The van der Waals surface area contributed by atoms with Crippen molar-refractivity contribution in [3.63, 3.8) is 0 Å². The molecule has 1 aromatic rings. The molecule has 0 bridgehead atoms. The van der Waals surface area contributed by atoms with Crippen LogP contribution in [0, 0.1) is 5.92 Å². The van der Waals surface area contributed by atoms with Crippen molar-refractivity contribution in [2.75, 3.05) is 23.4 Å². The van der Waals surface area contributed by atoms with Gasteiger partial charge in [-0.2, -0.15) is 16.7 Å². The lowest BCUT2D eigenvalue weighted by molar-refractivity contribution is -0.117. The summed E-state index contributed by atoms with van der Waals surface area (Å²) in [5.74, 6) is 3.17. The Labute approximate surface area is 110 Å². The van der Waals surface area contributed by atoms with Crippen molar-refractivity contribution in [1.29, 1.82) is 0 Å². The molecule has 1 aliphatic rings. The fraction of sp³-hybridized carbons (Fsp3) is 0.727. The van der Waals surface area contributed by atoms with E-state index in [0.29, 0.717) is 24.9 Å². The molecule has 0 spiro atoms. The average Bonchev–Trinajstić information content (AvgIpc) is 2.78. The zero-order valence-electron chi connectivity index (χ0n) is 10.4. The van der Waals surface area contributed by atoms with Crippen molar-refractivity contribution in [2.24, 2.45) is 5.92 Å². The van der Waals surface area contributed by atoms with Crippen LogP contribution in [0.2, 0.25) is 0 Å². The maximum atomic E-state index is 11.8. The minimum Gasteiger partial charge on any atom is -0.463 e. The third-order valence-corrected chi connectivity index (χ3v) is 3.86. The van der Waals surface area contributed by atoms with E-state index in [1.54, 1.807) is 0 Å². The van der Waals surface area contributed by atoms with Gasteiger partial charge in [0.15, 0.2) is 0 Å². The molecular formula is C11H18N4O2S. The van der Waals surface area contributed by atoms with Crippen LogP contribution in [0.5, 0.6) is 6.01 Å². The number of carbonyl (C=O) groups excluding carboxylic acids is 1. The molecule has 0 saturated carbocycles. The number of thioether (sulfide) groups is 1. The predicted molar refractivity (Wildman–Crippen MR) is 70.8 cm³/mol. The zero-order chi connectivity index (χ0) is 12.8. The molecular weight excluding hydrogens is 252 g/mol. The predicted octanol–water partition coefficient (Wildman–Crippen LogP) is 1.68. The van der Waals surface area contributed by atoms with E-state index in [9.17, 15) is 4.79 Å². The lowest BCUT2D eigenvalue weighted by Gasteiger charge is -2.20. The standard InChI is InChI=1S/C11H18N4O2S/c1-2-17-11-13-10(14-15-11)12-9(16)7-8-3-5-18-6-4-8/h8H,2-7H2,1H3,(H2,12,13,14,15,16). The second-order valence-electron chi connectivity index (χ2n) is 4.21. The fourth-order valence-corrected chi connectivity index (χ4v) is 3.10. The number of hydrogen-bond donors (Lipinski definition) is 2. The van der Waals surface area contributed by atoms with Crippen molar-refractivity contribution in [3.8, 4) is 6.01 Å². The van der Waals surface area contributed by atoms with E-state index in [4.69, 9.17) is 4.74 Å². The lowest BCUT2D eigenvalue weighted by Crippen LogP contribution is -2.20. The normalized spacial score (nSPS) is 16.5. The Bertz CT molecular complexity index is 390. The maximum Gasteiger partial charge on any atom is 0.337 e. The Morgan fingerprint density at radius 3 is 3.06 bits per heavy atom. The van der Waals surface area contributed by atoms with Crippen LogP contribution in [0.15, 0.2) is 0 Å². The van der Waals surface area contributed by atoms with Crippen LogP contribution in [0.1, 0.15) is 26.2 Å². The largest absolute Gasteiger partial charge is 0.463 e. The topological polar surface area (TPSA) is 79.9 Å². The van der Waals surface area contributed by atoms with Crippen LogP contribution in [0.25, 0.3) is 0 Å². The number of aromatic amines is 1. The molecule has 18 heavy (non-hydrogen) atoms. The van der Waals surface area contributed by atoms with E-state index in [1.807, 2.05) is 18.7 Å². The van der Waals surface area contributed by atoms with Gasteiger partial charge in [0.25, 0.3) is 0 Å². The highest BCUT2D eigenvalue weighted by atomic mass is 32.2. The molecule has 7 heteroatoms. The van der Waals surface area contributed by atoms with Gasteiger partial charge in [0, 0.05) is 6.42 Å². The number of hydrogen-bond acceptors (Lipinski definition) is 5. The number of ether oxygens (including phenoxy) is 1. The third kappa shape index (κ3) is 3.90. The van der Waals surface area contributed by atoms with E-state index < -0.39 is 0 Å². The molecule has 2 N–H and O–H groups in total. The van der Waals surface area contributed by atoms with Crippen LogP contribution >= 0.6 is 11.8 Å². The van der Waals surface area contributed by atoms with Crippen molar-refractivity contribution < 1.29 is 9.53 Å². The van der Waals surface area contributed by atoms with Gasteiger partial charge in [0.1, 0.15) is 0 Å². The number of anilines is 1. The number of nitrogens with zero attached hydrogens (tertiary/aromatic N) is 2. The van der Waals surface area contributed by atoms with E-state index in [-0.39, 0.29) is 11.9 Å². The van der Waals surface area contributed by atoms with Crippen molar-refractivity contribution in [3.05, 3.63) is 0 Å². The van der Waals surface area contributed by atoms with Gasteiger partial charge in [-0.3, -0.25) is 10.1 Å². The summed E-state index contributed by atoms with van der Waals surface area (Å²) in [4.78, 5) is 15.8. The number of amides is 1. The SMILES string of the molecule is CCOc1n[nH]c(NC(=O)CC2CCSCC2)n1. The molecule has 6 nitrogen and oxygen atoms in total. The minimum absolute atomic E-state index is 0.00824. The van der Waals surface area contributed by atoms with Gasteiger partial charge in [0.2, 0.25) is 11.9 Å². The van der Waals surface area contributed by atoms with Crippen LogP contribution in [0.3, 0.4) is 0 Å². The van der Waals surface area contributed by atoms with Gasteiger partial charge < -0.3 is 4.74 Å². The maximum absolute atomic E-state index is 11.8. The van der Waals surface area contributed by atoms with Crippen molar-refractivity contribution in [2.45, 2.75) is 26.2 Å². The second kappa shape index (κ2) is 6.63. The Kier molecular flexibility index (Phi) is 4.86. The van der Waals surface area contributed by atoms with Gasteiger partial charge >= 0.3 is 6.01 Å². The first-order chi connectivity index (χ1) is 8.78. The highest BCUT2D eigenvalue weighted by molar-refractivity contribution is 7.99. The van der Waals surface area contributed by atoms with E-state index in [2.05, 4.69) is 20.5 Å². The van der Waals surface area contributed by atoms with Crippen molar-refractivity contribution >= 4 is 23.6 Å². The van der Waals surface area contributed by atoms with Crippen LogP contribution in [-0.2, 0) is 4.79 Å². The van der Waals surface area contributed by atoms with Gasteiger partial charge in [-0.1, -0.05) is 0 Å². The summed E-state index contributed by atoms with van der Waals surface area (Å²) in [6.07, 6.45) is 2.81. The molecule has 0 radical (unpaired) electrons. The summed E-state index contributed by atoms with van der Waals surface area (Å²) < 4.78 is 5.11. The molecule has 1 amide bonds. The summed E-state index contributed by atoms with van der Waals surface area (Å²) in [5, 5.41) is 9.18. The summed E-state index contributed by atoms with van der Waals surface area (Å²) in [5.41, 5.74) is 0. The summed E-state index contributed by atoms with van der Waals surface area (Å²) in [6, 6.07) is 0.266. The Morgan fingerprint density at radius 1 is 1.56 bits per heavy atom. The quantitative estimate of drug-likeness (QED) is 0.851.